The molecule has 12 heavy (non-hydrogen) atoms. The zero-order valence-corrected chi connectivity index (χ0v) is 8.15. The third-order valence-electron chi connectivity index (χ3n) is 2.20. The summed E-state index contributed by atoms with van der Waals surface area (Å²) in [5, 5.41) is 0. The highest BCUT2D eigenvalue weighted by Crippen LogP contribution is 2.20. The molecule has 0 saturated heterocycles. The maximum atomic E-state index is 4.05. The van der Waals surface area contributed by atoms with Gasteiger partial charge in [0.25, 0.3) is 0 Å². The number of hydrogen-bond donors (Lipinski definition) is 0. The summed E-state index contributed by atoms with van der Waals surface area (Å²) in [5.74, 6) is 0. The summed E-state index contributed by atoms with van der Waals surface area (Å²) >= 11 is 0. The first-order chi connectivity index (χ1) is 5.65. The minimum Gasteiger partial charge on any atom is -0.0952 e. The van der Waals surface area contributed by atoms with E-state index in [9.17, 15) is 0 Å². The van der Waals surface area contributed by atoms with Crippen LogP contribution >= 0.6 is 0 Å². The maximum absolute atomic E-state index is 4.05. The number of benzene rings is 1. The Morgan fingerprint density at radius 2 is 2.00 bits per heavy atom. The van der Waals surface area contributed by atoms with Gasteiger partial charge in [0.05, 0.1) is 0 Å². The molecule has 0 spiro atoms. The summed E-state index contributed by atoms with van der Waals surface area (Å²) in [4.78, 5) is 0. The van der Waals surface area contributed by atoms with E-state index in [0.29, 0.717) is 0 Å². The molecule has 0 amide bonds. The van der Waals surface area contributed by atoms with Gasteiger partial charge >= 0.3 is 0 Å². The van der Waals surface area contributed by atoms with Gasteiger partial charge in [-0.1, -0.05) is 37.3 Å². The Labute approximate surface area is 74.9 Å². The molecular weight excluding hydrogens is 144 g/mol. The van der Waals surface area contributed by atoms with Gasteiger partial charge < -0.3 is 0 Å². The van der Waals surface area contributed by atoms with Crippen LogP contribution in [0.1, 0.15) is 30.0 Å². The van der Waals surface area contributed by atoms with Crippen molar-refractivity contribution in [3.63, 3.8) is 0 Å². The Hall–Kier alpha value is -1.04. The van der Waals surface area contributed by atoms with Gasteiger partial charge in [0.1, 0.15) is 0 Å². The monoisotopic (exact) mass is 160 g/mol. The van der Waals surface area contributed by atoms with Crippen molar-refractivity contribution < 1.29 is 0 Å². The molecule has 0 unspecified atom stereocenters. The highest BCUT2D eigenvalue weighted by atomic mass is 14.0. The largest absolute Gasteiger partial charge is 0.0952 e. The van der Waals surface area contributed by atoms with Crippen LogP contribution in [-0.4, -0.2) is 0 Å². The molecular formula is C12H16. The van der Waals surface area contributed by atoms with Crippen LogP contribution in [0.5, 0.6) is 0 Å². The van der Waals surface area contributed by atoms with Gasteiger partial charge in [-0.25, -0.2) is 0 Å². The van der Waals surface area contributed by atoms with E-state index >= 15 is 0 Å². The van der Waals surface area contributed by atoms with Gasteiger partial charge in [-0.2, -0.15) is 0 Å². The van der Waals surface area contributed by atoms with Gasteiger partial charge in [-0.3, -0.25) is 0 Å². The van der Waals surface area contributed by atoms with Crippen molar-refractivity contribution >= 4 is 5.57 Å². The average molecular weight is 160 g/mol. The summed E-state index contributed by atoms with van der Waals surface area (Å²) in [6.07, 6.45) is 1.03. The molecule has 1 aromatic carbocycles. The van der Waals surface area contributed by atoms with E-state index in [1.54, 1.807) is 0 Å². The van der Waals surface area contributed by atoms with Crippen LogP contribution in [-0.2, 0) is 0 Å². The smallest absolute Gasteiger partial charge is 0.0199 e. The number of allylic oxidation sites excluding steroid dienone is 1. The fourth-order valence-electron chi connectivity index (χ4n) is 1.31. The lowest BCUT2D eigenvalue weighted by atomic mass is 9.98. The van der Waals surface area contributed by atoms with Crippen molar-refractivity contribution in [3.8, 4) is 0 Å². The van der Waals surface area contributed by atoms with Crippen molar-refractivity contribution in [3.05, 3.63) is 41.5 Å². The van der Waals surface area contributed by atoms with E-state index in [1.807, 2.05) is 0 Å². The zero-order chi connectivity index (χ0) is 9.14. The number of aryl methyl sites for hydroxylation is 2. The van der Waals surface area contributed by atoms with Crippen molar-refractivity contribution in [2.45, 2.75) is 27.2 Å². The summed E-state index contributed by atoms with van der Waals surface area (Å²) in [7, 11) is 0. The molecule has 0 bridgehead atoms. The Kier molecular flexibility index (Phi) is 2.69. The minimum atomic E-state index is 1.03. The quantitative estimate of drug-likeness (QED) is 0.618. The van der Waals surface area contributed by atoms with E-state index in [0.717, 1.165) is 6.42 Å². The van der Waals surface area contributed by atoms with Crippen molar-refractivity contribution in [1.29, 1.82) is 0 Å². The molecule has 1 aromatic rings. The summed E-state index contributed by atoms with van der Waals surface area (Å²) in [6, 6.07) is 6.51. The third-order valence-corrected chi connectivity index (χ3v) is 2.20. The Morgan fingerprint density at radius 1 is 1.33 bits per heavy atom. The van der Waals surface area contributed by atoms with Gasteiger partial charge in [0, 0.05) is 0 Å². The van der Waals surface area contributed by atoms with Crippen LogP contribution in [0, 0.1) is 13.8 Å². The van der Waals surface area contributed by atoms with Crippen LogP contribution < -0.4 is 0 Å². The normalized spacial score (nSPS) is 9.92. The second-order valence-corrected chi connectivity index (χ2v) is 3.28. The lowest BCUT2D eigenvalue weighted by Gasteiger charge is -2.07. The molecule has 1 rings (SSSR count). The molecule has 0 aliphatic carbocycles. The van der Waals surface area contributed by atoms with E-state index < -0.39 is 0 Å². The maximum Gasteiger partial charge on any atom is -0.0199 e. The van der Waals surface area contributed by atoms with Crippen LogP contribution in [0.2, 0.25) is 0 Å². The molecule has 0 nitrogen and oxygen atoms in total. The van der Waals surface area contributed by atoms with E-state index in [4.69, 9.17) is 0 Å². The average Bonchev–Trinajstić information content (AvgIpc) is 2.08. The number of hydrogen-bond acceptors (Lipinski definition) is 0. The molecule has 0 N–H and O–H groups in total. The predicted molar refractivity (Wildman–Crippen MR) is 55.2 cm³/mol. The molecule has 0 fully saturated rings. The summed E-state index contributed by atoms with van der Waals surface area (Å²) in [5.41, 5.74) is 5.19. The molecule has 0 aromatic heterocycles. The molecule has 0 radical (unpaired) electrons. The predicted octanol–water partition coefficient (Wildman–Crippen LogP) is 3.73. The first-order valence-corrected chi connectivity index (χ1v) is 4.40. The Morgan fingerprint density at radius 3 is 2.58 bits per heavy atom. The minimum absolute atomic E-state index is 1.03. The second kappa shape index (κ2) is 3.57. The molecule has 0 heterocycles. The first-order valence-electron chi connectivity index (χ1n) is 4.40. The molecule has 0 saturated carbocycles. The summed E-state index contributed by atoms with van der Waals surface area (Å²) in [6.45, 7) is 10.4. The standard InChI is InChI=1S/C12H16/c1-5-10(3)12-8-9(2)6-7-11(12)4/h6-8H,3,5H2,1-2,4H3. The van der Waals surface area contributed by atoms with E-state index in [2.05, 4.69) is 45.5 Å². The topological polar surface area (TPSA) is 0 Å². The van der Waals surface area contributed by atoms with Crippen LogP contribution in [0.25, 0.3) is 5.57 Å². The highest BCUT2D eigenvalue weighted by Gasteiger charge is 2.00. The van der Waals surface area contributed by atoms with Gasteiger partial charge in [0.15, 0.2) is 0 Å². The number of rotatable bonds is 2. The van der Waals surface area contributed by atoms with Crippen LogP contribution in [0.3, 0.4) is 0 Å². The summed E-state index contributed by atoms with van der Waals surface area (Å²) < 4.78 is 0. The van der Waals surface area contributed by atoms with Crippen molar-refractivity contribution in [2.24, 2.45) is 0 Å². The van der Waals surface area contributed by atoms with Crippen LogP contribution in [0.4, 0.5) is 0 Å². The van der Waals surface area contributed by atoms with Gasteiger partial charge in [0.2, 0.25) is 0 Å². The van der Waals surface area contributed by atoms with Gasteiger partial charge in [-0.05, 0) is 37.0 Å². The van der Waals surface area contributed by atoms with Crippen molar-refractivity contribution in [1.82, 2.24) is 0 Å². The SMILES string of the molecule is C=C(CC)c1cc(C)ccc1C. The lowest BCUT2D eigenvalue weighted by molar-refractivity contribution is 1.22. The Bertz CT molecular complexity index is 295. The molecule has 64 valence electrons. The molecule has 0 aliphatic heterocycles. The molecule has 0 aliphatic rings. The molecule has 0 heteroatoms. The lowest BCUT2D eigenvalue weighted by Crippen LogP contribution is -1.87. The third kappa shape index (κ3) is 1.76. The van der Waals surface area contributed by atoms with Crippen LogP contribution in [0.15, 0.2) is 24.8 Å². The zero-order valence-electron chi connectivity index (χ0n) is 8.15. The fraction of sp³-hybridized carbons (Fsp3) is 0.333. The highest BCUT2D eigenvalue weighted by molar-refractivity contribution is 5.66. The Balaban J connectivity index is 3.13. The van der Waals surface area contributed by atoms with E-state index in [-0.39, 0.29) is 0 Å². The van der Waals surface area contributed by atoms with Crippen molar-refractivity contribution in [2.75, 3.05) is 0 Å². The second-order valence-electron chi connectivity index (χ2n) is 3.28. The first kappa shape index (κ1) is 9.05. The fourth-order valence-corrected chi connectivity index (χ4v) is 1.31. The van der Waals surface area contributed by atoms with Gasteiger partial charge in [-0.15, -0.1) is 0 Å². The van der Waals surface area contributed by atoms with E-state index in [1.165, 1.54) is 22.3 Å². The molecule has 0 atom stereocenters.